The fourth-order valence-corrected chi connectivity index (χ4v) is 2.36. The first-order valence-electron chi connectivity index (χ1n) is 4.85. The molecule has 1 aliphatic heterocycles. The van der Waals surface area contributed by atoms with Crippen LogP contribution < -0.4 is 0 Å². The Morgan fingerprint density at radius 1 is 1.23 bits per heavy atom. The van der Waals surface area contributed by atoms with Crippen LogP contribution in [0.25, 0.3) is 0 Å². The normalized spacial score (nSPS) is 21.9. The van der Waals surface area contributed by atoms with Gasteiger partial charge in [0, 0.05) is 24.2 Å². The summed E-state index contributed by atoms with van der Waals surface area (Å²) < 4.78 is 0. The Morgan fingerprint density at radius 3 is 2.77 bits per heavy atom. The van der Waals surface area contributed by atoms with Crippen molar-refractivity contribution < 1.29 is 0 Å². The third kappa shape index (κ3) is 1.27. The highest BCUT2D eigenvalue weighted by Gasteiger charge is 2.33. The van der Waals surface area contributed by atoms with Gasteiger partial charge in [-0.3, -0.25) is 4.90 Å². The molecule has 13 heavy (non-hydrogen) atoms. The highest BCUT2D eigenvalue weighted by molar-refractivity contribution is 6.31. The number of nitrogens with zero attached hydrogens (tertiary/aromatic N) is 1. The summed E-state index contributed by atoms with van der Waals surface area (Å²) >= 11 is 6.13. The monoisotopic (exact) mass is 193 g/mol. The molecule has 0 atom stereocenters. The van der Waals surface area contributed by atoms with E-state index in [-0.39, 0.29) is 0 Å². The zero-order valence-electron chi connectivity index (χ0n) is 7.46. The molecule has 1 aromatic carbocycles. The molecule has 2 heteroatoms. The summed E-state index contributed by atoms with van der Waals surface area (Å²) in [6.45, 7) is 2.18. The van der Waals surface area contributed by atoms with Gasteiger partial charge in [0.1, 0.15) is 0 Å². The molecule has 0 unspecified atom stereocenters. The predicted octanol–water partition coefficient (Wildman–Crippen LogP) is 2.82. The van der Waals surface area contributed by atoms with Gasteiger partial charge in [-0.05, 0) is 30.0 Å². The number of halogens is 1. The Kier molecular flexibility index (Phi) is 1.64. The third-order valence-corrected chi connectivity index (χ3v) is 3.37. The summed E-state index contributed by atoms with van der Waals surface area (Å²) in [4.78, 5) is 2.54. The third-order valence-electron chi connectivity index (χ3n) is 3.01. The smallest absolute Gasteiger partial charge is 0.0454 e. The van der Waals surface area contributed by atoms with Crippen LogP contribution in [0, 0.1) is 0 Å². The van der Waals surface area contributed by atoms with Gasteiger partial charge in [0.25, 0.3) is 0 Å². The lowest BCUT2D eigenvalue weighted by atomic mass is 10.1. The Labute approximate surface area is 83.3 Å². The van der Waals surface area contributed by atoms with Gasteiger partial charge in [0.05, 0.1) is 0 Å². The van der Waals surface area contributed by atoms with Crippen LogP contribution in [0.4, 0.5) is 0 Å². The molecule has 0 saturated heterocycles. The molecule has 1 heterocycles. The van der Waals surface area contributed by atoms with E-state index in [0.29, 0.717) is 0 Å². The van der Waals surface area contributed by atoms with Crippen LogP contribution >= 0.6 is 11.6 Å². The van der Waals surface area contributed by atoms with E-state index in [4.69, 9.17) is 11.6 Å². The van der Waals surface area contributed by atoms with Gasteiger partial charge in [0.15, 0.2) is 0 Å². The molecule has 3 rings (SSSR count). The molecule has 0 amide bonds. The predicted molar refractivity (Wildman–Crippen MR) is 53.7 cm³/mol. The second kappa shape index (κ2) is 2.73. The Hall–Kier alpha value is -0.530. The Morgan fingerprint density at radius 2 is 2.08 bits per heavy atom. The van der Waals surface area contributed by atoms with Crippen LogP contribution in [0.5, 0.6) is 0 Å². The lowest BCUT2D eigenvalue weighted by Gasteiger charge is -2.12. The van der Waals surface area contributed by atoms with E-state index < -0.39 is 0 Å². The molecule has 0 aromatic heterocycles. The summed E-state index contributed by atoms with van der Waals surface area (Å²) in [6.07, 6.45) is 2.76. The van der Waals surface area contributed by atoms with Crippen LogP contribution in [0.15, 0.2) is 18.2 Å². The highest BCUT2D eigenvalue weighted by Crippen LogP contribution is 2.36. The molecule has 1 aromatic rings. The average Bonchev–Trinajstić information content (AvgIpc) is 2.87. The molecule has 68 valence electrons. The van der Waals surface area contributed by atoms with Crippen molar-refractivity contribution in [3.8, 4) is 0 Å². The fourth-order valence-electron chi connectivity index (χ4n) is 2.10. The van der Waals surface area contributed by atoms with Crippen molar-refractivity contribution in [1.29, 1.82) is 0 Å². The van der Waals surface area contributed by atoms with Crippen molar-refractivity contribution in [2.45, 2.75) is 32.0 Å². The minimum absolute atomic E-state index is 0.850. The zero-order valence-corrected chi connectivity index (χ0v) is 8.22. The molecule has 1 nitrogen and oxygen atoms in total. The number of hydrogen-bond donors (Lipinski definition) is 0. The topological polar surface area (TPSA) is 3.24 Å². The Balaban J connectivity index is 1.94. The van der Waals surface area contributed by atoms with Crippen molar-refractivity contribution in [3.63, 3.8) is 0 Å². The van der Waals surface area contributed by atoms with Crippen molar-refractivity contribution in [2.75, 3.05) is 0 Å². The van der Waals surface area contributed by atoms with Crippen molar-refractivity contribution in [2.24, 2.45) is 0 Å². The van der Waals surface area contributed by atoms with Gasteiger partial charge < -0.3 is 0 Å². The van der Waals surface area contributed by atoms with Crippen LogP contribution in [0.3, 0.4) is 0 Å². The molecule has 2 aliphatic rings. The minimum atomic E-state index is 0.850. The molecule has 1 aliphatic carbocycles. The maximum Gasteiger partial charge on any atom is 0.0454 e. The molecule has 0 N–H and O–H groups in total. The summed E-state index contributed by atoms with van der Waals surface area (Å²) in [5.74, 6) is 0. The van der Waals surface area contributed by atoms with Crippen molar-refractivity contribution in [3.05, 3.63) is 34.3 Å². The van der Waals surface area contributed by atoms with Crippen LogP contribution in [0.1, 0.15) is 24.0 Å². The highest BCUT2D eigenvalue weighted by atomic mass is 35.5. The maximum atomic E-state index is 6.13. The largest absolute Gasteiger partial charge is 0.292 e. The molecule has 0 spiro atoms. The molecular formula is C11H12ClN. The van der Waals surface area contributed by atoms with E-state index in [1.807, 2.05) is 6.07 Å². The van der Waals surface area contributed by atoms with Crippen molar-refractivity contribution in [1.82, 2.24) is 4.90 Å². The van der Waals surface area contributed by atoms with E-state index in [2.05, 4.69) is 17.0 Å². The number of rotatable bonds is 1. The summed E-state index contributed by atoms with van der Waals surface area (Å²) in [5, 5.41) is 0.945. The van der Waals surface area contributed by atoms with E-state index in [9.17, 15) is 0 Å². The number of benzene rings is 1. The molecule has 0 radical (unpaired) electrons. The second-order valence-corrected chi connectivity index (χ2v) is 4.42. The Bertz CT molecular complexity index is 344. The van der Waals surface area contributed by atoms with Crippen LogP contribution in [-0.2, 0) is 13.1 Å². The van der Waals surface area contributed by atoms with Gasteiger partial charge in [-0.25, -0.2) is 0 Å². The van der Waals surface area contributed by atoms with E-state index >= 15 is 0 Å². The number of hydrogen-bond acceptors (Lipinski definition) is 1. The summed E-state index contributed by atoms with van der Waals surface area (Å²) in [5.41, 5.74) is 2.79. The fraction of sp³-hybridized carbons (Fsp3) is 0.455. The van der Waals surface area contributed by atoms with Gasteiger partial charge in [-0.2, -0.15) is 0 Å². The van der Waals surface area contributed by atoms with Crippen LogP contribution in [0.2, 0.25) is 5.02 Å². The maximum absolute atomic E-state index is 6.13. The first-order valence-corrected chi connectivity index (χ1v) is 5.23. The second-order valence-electron chi connectivity index (χ2n) is 4.01. The quantitative estimate of drug-likeness (QED) is 0.663. The van der Waals surface area contributed by atoms with E-state index in [1.165, 1.54) is 24.0 Å². The standard InChI is InChI=1S/C11H12ClN/c12-11-3-1-2-8-6-13(7-10(8)11)9-4-5-9/h1-3,9H,4-7H2. The molecule has 1 fully saturated rings. The first kappa shape index (κ1) is 7.84. The van der Waals surface area contributed by atoms with Gasteiger partial charge in [-0.15, -0.1) is 0 Å². The molecule has 0 bridgehead atoms. The van der Waals surface area contributed by atoms with Crippen molar-refractivity contribution >= 4 is 11.6 Å². The first-order chi connectivity index (χ1) is 6.34. The average molecular weight is 194 g/mol. The summed E-state index contributed by atoms with van der Waals surface area (Å²) in [6, 6.07) is 7.10. The summed E-state index contributed by atoms with van der Waals surface area (Å²) in [7, 11) is 0. The minimum Gasteiger partial charge on any atom is -0.292 e. The lowest BCUT2D eigenvalue weighted by Crippen LogP contribution is -2.18. The van der Waals surface area contributed by atoms with E-state index in [1.54, 1.807) is 0 Å². The molecular weight excluding hydrogens is 182 g/mol. The SMILES string of the molecule is Clc1cccc2c1CN(C1CC1)C2. The number of fused-ring (bicyclic) bond motifs is 1. The van der Waals surface area contributed by atoms with E-state index in [0.717, 1.165) is 24.2 Å². The van der Waals surface area contributed by atoms with Gasteiger partial charge in [0.2, 0.25) is 0 Å². The lowest BCUT2D eigenvalue weighted by molar-refractivity contribution is 0.273. The van der Waals surface area contributed by atoms with Crippen LogP contribution in [-0.4, -0.2) is 10.9 Å². The zero-order chi connectivity index (χ0) is 8.84. The van der Waals surface area contributed by atoms with Gasteiger partial charge in [-0.1, -0.05) is 23.7 Å². The molecule has 1 saturated carbocycles. The van der Waals surface area contributed by atoms with Gasteiger partial charge >= 0.3 is 0 Å².